The van der Waals surface area contributed by atoms with Gasteiger partial charge < -0.3 is 10.2 Å². The highest BCUT2D eigenvalue weighted by atomic mass is 79.9. The van der Waals surface area contributed by atoms with Crippen LogP contribution in [0.3, 0.4) is 0 Å². The van der Waals surface area contributed by atoms with Crippen molar-refractivity contribution in [1.82, 2.24) is 10.2 Å². The third kappa shape index (κ3) is 5.74. The van der Waals surface area contributed by atoms with E-state index in [0.29, 0.717) is 19.5 Å². The molecular formula is C15H21BrN2O2. The summed E-state index contributed by atoms with van der Waals surface area (Å²) < 4.78 is 0.963. The molecule has 1 aromatic rings. The van der Waals surface area contributed by atoms with E-state index in [4.69, 9.17) is 0 Å². The Bertz CT molecular complexity index is 475. The second-order valence-corrected chi connectivity index (χ2v) is 5.88. The Balaban J connectivity index is 2.38. The molecule has 0 bridgehead atoms. The van der Waals surface area contributed by atoms with E-state index in [0.717, 1.165) is 10.0 Å². The highest BCUT2D eigenvalue weighted by Gasteiger charge is 2.12. The van der Waals surface area contributed by atoms with Crippen LogP contribution in [0, 0.1) is 0 Å². The Labute approximate surface area is 128 Å². The second kappa shape index (κ2) is 8.04. The van der Waals surface area contributed by atoms with Crippen LogP contribution in [-0.2, 0) is 16.0 Å². The Kier molecular flexibility index (Phi) is 6.71. The van der Waals surface area contributed by atoms with Gasteiger partial charge in [-0.25, -0.2) is 0 Å². The van der Waals surface area contributed by atoms with Crippen molar-refractivity contribution in [2.45, 2.75) is 33.2 Å². The van der Waals surface area contributed by atoms with Crippen molar-refractivity contribution in [3.63, 3.8) is 0 Å². The summed E-state index contributed by atoms with van der Waals surface area (Å²) in [6, 6.07) is 7.82. The molecule has 5 heteroatoms. The highest BCUT2D eigenvalue weighted by molar-refractivity contribution is 9.10. The molecule has 110 valence electrons. The molecule has 20 heavy (non-hydrogen) atoms. The summed E-state index contributed by atoms with van der Waals surface area (Å²) in [6.07, 6.45) is 0.348. The van der Waals surface area contributed by atoms with Crippen LogP contribution in [0.15, 0.2) is 28.7 Å². The van der Waals surface area contributed by atoms with Crippen molar-refractivity contribution >= 4 is 27.7 Å². The van der Waals surface area contributed by atoms with Gasteiger partial charge in [-0.05, 0) is 31.5 Å². The molecule has 2 amide bonds. The van der Waals surface area contributed by atoms with Crippen LogP contribution < -0.4 is 5.32 Å². The number of nitrogens with zero attached hydrogens (tertiary/aromatic N) is 1. The summed E-state index contributed by atoms with van der Waals surface area (Å²) in [5, 5.41) is 2.84. The second-order valence-electron chi connectivity index (χ2n) is 4.96. The summed E-state index contributed by atoms with van der Waals surface area (Å²) in [6.45, 7) is 6.49. The van der Waals surface area contributed by atoms with E-state index in [9.17, 15) is 9.59 Å². The first-order valence-electron chi connectivity index (χ1n) is 6.68. The lowest BCUT2D eigenvalue weighted by atomic mass is 10.1. The fourth-order valence-electron chi connectivity index (χ4n) is 1.99. The minimum Gasteiger partial charge on any atom is -0.354 e. The minimum absolute atomic E-state index is 0.0289. The Morgan fingerprint density at radius 3 is 2.60 bits per heavy atom. The molecule has 0 radical (unpaired) electrons. The van der Waals surface area contributed by atoms with Crippen LogP contribution >= 0.6 is 15.9 Å². The lowest BCUT2D eigenvalue weighted by Crippen LogP contribution is -2.41. The summed E-state index contributed by atoms with van der Waals surface area (Å²) in [5.74, 6) is -0.00315. The molecule has 0 aliphatic rings. The maximum Gasteiger partial charge on any atom is 0.224 e. The fraction of sp³-hybridized carbons (Fsp3) is 0.467. The average Bonchev–Trinajstić information content (AvgIpc) is 2.33. The van der Waals surface area contributed by atoms with Crippen molar-refractivity contribution in [2.75, 3.05) is 13.1 Å². The standard InChI is InChI=1S/C15H21BrN2O2/c1-11(2)18(12(3)19)8-7-17-15(20)10-13-5-4-6-14(16)9-13/h4-6,9,11H,7-8,10H2,1-3H3,(H,17,20). The van der Waals surface area contributed by atoms with Gasteiger partial charge in [-0.3, -0.25) is 9.59 Å². The van der Waals surface area contributed by atoms with E-state index < -0.39 is 0 Å². The highest BCUT2D eigenvalue weighted by Crippen LogP contribution is 2.11. The van der Waals surface area contributed by atoms with Crippen LogP contribution in [0.5, 0.6) is 0 Å². The van der Waals surface area contributed by atoms with Gasteiger partial charge in [0.2, 0.25) is 11.8 Å². The number of hydrogen-bond acceptors (Lipinski definition) is 2. The molecule has 0 atom stereocenters. The van der Waals surface area contributed by atoms with Gasteiger partial charge in [-0.1, -0.05) is 28.1 Å². The Hall–Kier alpha value is -1.36. The topological polar surface area (TPSA) is 49.4 Å². The van der Waals surface area contributed by atoms with Crippen LogP contribution in [-0.4, -0.2) is 35.8 Å². The van der Waals surface area contributed by atoms with Gasteiger partial charge in [0.05, 0.1) is 6.42 Å². The first kappa shape index (κ1) is 16.7. The number of amides is 2. The van der Waals surface area contributed by atoms with Crippen molar-refractivity contribution in [2.24, 2.45) is 0 Å². The van der Waals surface area contributed by atoms with Crippen LogP contribution in [0.2, 0.25) is 0 Å². The molecule has 1 rings (SSSR count). The molecule has 1 aromatic carbocycles. The number of benzene rings is 1. The van der Waals surface area contributed by atoms with Gasteiger partial charge in [0.15, 0.2) is 0 Å². The van der Waals surface area contributed by atoms with Gasteiger partial charge in [0.25, 0.3) is 0 Å². The van der Waals surface area contributed by atoms with Crippen LogP contribution in [0.25, 0.3) is 0 Å². The SMILES string of the molecule is CC(=O)N(CCNC(=O)Cc1cccc(Br)c1)C(C)C. The van der Waals surface area contributed by atoms with Gasteiger partial charge >= 0.3 is 0 Å². The first-order chi connectivity index (χ1) is 9.40. The number of carbonyl (C=O) groups is 2. The fourth-order valence-corrected chi connectivity index (χ4v) is 2.44. The number of rotatable bonds is 6. The van der Waals surface area contributed by atoms with E-state index in [1.807, 2.05) is 38.1 Å². The van der Waals surface area contributed by atoms with Crippen molar-refractivity contribution in [1.29, 1.82) is 0 Å². The lowest BCUT2D eigenvalue weighted by molar-refractivity contribution is -0.131. The maximum absolute atomic E-state index is 11.8. The molecule has 0 aromatic heterocycles. The quantitative estimate of drug-likeness (QED) is 0.864. The summed E-state index contributed by atoms with van der Waals surface area (Å²) in [7, 11) is 0. The molecule has 0 unspecified atom stereocenters. The molecule has 1 N–H and O–H groups in total. The van der Waals surface area contributed by atoms with Gasteiger partial charge in [-0.15, -0.1) is 0 Å². The number of nitrogens with one attached hydrogen (secondary N) is 1. The third-order valence-electron chi connectivity index (χ3n) is 2.96. The predicted molar refractivity (Wildman–Crippen MR) is 83.4 cm³/mol. The van der Waals surface area contributed by atoms with E-state index in [-0.39, 0.29) is 17.9 Å². The van der Waals surface area contributed by atoms with Gasteiger partial charge in [0, 0.05) is 30.5 Å². The molecular weight excluding hydrogens is 320 g/mol. The summed E-state index contributed by atoms with van der Waals surface area (Å²) in [4.78, 5) is 24.9. The molecule has 0 fully saturated rings. The minimum atomic E-state index is -0.0321. The largest absolute Gasteiger partial charge is 0.354 e. The predicted octanol–water partition coefficient (Wildman–Crippen LogP) is 2.36. The van der Waals surface area contributed by atoms with Crippen LogP contribution in [0.1, 0.15) is 26.3 Å². The van der Waals surface area contributed by atoms with E-state index in [1.165, 1.54) is 0 Å². The van der Waals surface area contributed by atoms with Crippen molar-refractivity contribution in [3.8, 4) is 0 Å². The van der Waals surface area contributed by atoms with Gasteiger partial charge in [0.1, 0.15) is 0 Å². The lowest BCUT2D eigenvalue weighted by Gasteiger charge is -2.25. The molecule has 0 aliphatic carbocycles. The normalized spacial score (nSPS) is 10.4. The molecule has 0 saturated carbocycles. The zero-order chi connectivity index (χ0) is 15.1. The zero-order valence-corrected chi connectivity index (χ0v) is 13.7. The average molecular weight is 341 g/mol. The van der Waals surface area contributed by atoms with Crippen LogP contribution in [0.4, 0.5) is 0 Å². The summed E-state index contributed by atoms with van der Waals surface area (Å²) in [5.41, 5.74) is 0.962. The smallest absolute Gasteiger partial charge is 0.224 e. The van der Waals surface area contributed by atoms with E-state index in [2.05, 4.69) is 21.2 Å². The number of carbonyl (C=O) groups excluding carboxylic acids is 2. The molecule has 4 nitrogen and oxygen atoms in total. The number of hydrogen-bond donors (Lipinski definition) is 1. The molecule has 0 saturated heterocycles. The van der Waals surface area contributed by atoms with Crippen molar-refractivity contribution in [3.05, 3.63) is 34.3 Å². The third-order valence-corrected chi connectivity index (χ3v) is 3.45. The van der Waals surface area contributed by atoms with Crippen molar-refractivity contribution < 1.29 is 9.59 Å². The zero-order valence-electron chi connectivity index (χ0n) is 12.1. The van der Waals surface area contributed by atoms with E-state index in [1.54, 1.807) is 11.8 Å². The first-order valence-corrected chi connectivity index (χ1v) is 7.47. The van der Waals surface area contributed by atoms with E-state index >= 15 is 0 Å². The maximum atomic E-state index is 11.8. The molecule has 0 heterocycles. The Morgan fingerprint density at radius 2 is 2.05 bits per heavy atom. The monoisotopic (exact) mass is 340 g/mol. The summed E-state index contributed by atoms with van der Waals surface area (Å²) >= 11 is 3.38. The number of halogens is 1. The molecule has 0 aliphatic heterocycles. The molecule has 0 spiro atoms. The van der Waals surface area contributed by atoms with Gasteiger partial charge in [-0.2, -0.15) is 0 Å². The Morgan fingerprint density at radius 1 is 1.35 bits per heavy atom.